The Hall–Kier alpha value is -0.600. The molecule has 0 bridgehead atoms. The van der Waals surface area contributed by atoms with Crippen LogP contribution in [0.4, 0.5) is 0 Å². The van der Waals surface area contributed by atoms with E-state index in [0.717, 1.165) is 9.13 Å². The van der Waals surface area contributed by atoms with Crippen LogP contribution in [0.2, 0.25) is 0 Å². The zero-order valence-corrected chi connectivity index (χ0v) is 10.4. The van der Waals surface area contributed by atoms with E-state index in [-0.39, 0.29) is 11.7 Å². The van der Waals surface area contributed by atoms with Crippen molar-refractivity contribution < 1.29 is 4.79 Å². The molecule has 0 N–H and O–H groups in total. The van der Waals surface area contributed by atoms with E-state index in [2.05, 4.69) is 22.6 Å². The molecule has 4 heteroatoms. The number of nitriles is 1. The van der Waals surface area contributed by atoms with Gasteiger partial charge in [0.2, 0.25) is 0 Å². The molecule has 0 amide bonds. The third kappa shape index (κ3) is 2.25. The Morgan fingerprint density at radius 1 is 1.64 bits per heavy atom. The molecule has 14 heavy (non-hydrogen) atoms. The van der Waals surface area contributed by atoms with Crippen LogP contribution in [0.3, 0.4) is 0 Å². The number of carbonyl (C=O) groups is 1. The molecule has 0 atom stereocenters. The Bertz CT molecular complexity index is 423. The number of halogens is 2. The van der Waals surface area contributed by atoms with Gasteiger partial charge in [0.05, 0.1) is 17.5 Å². The van der Waals surface area contributed by atoms with Crippen molar-refractivity contribution in [2.45, 2.75) is 6.92 Å². The predicted octanol–water partition coefficient (Wildman–Crippen LogP) is 2.89. The van der Waals surface area contributed by atoms with Crippen molar-refractivity contribution in [3.05, 3.63) is 32.4 Å². The number of ketones is 1. The lowest BCUT2D eigenvalue weighted by atomic mass is 10.0. The fraction of sp³-hybridized carbons (Fsp3) is 0.200. The molecule has 0 radical (unpaired) electrons. The zero-order chi connectivity index (χ0) is 10.7. The summed E-state index contributed by atoms with van der Waals surface area (Å²) in [6, 6.07) is 5.41. The summed E-state index contributed by atoms with van der Waals surface area (Å²) in [4.78, 5) is 11.4. The molecule has 1 aromatic carbocycles. The van der Waals surface area contributed by atoms with E-state index in [4.69, 9.17) is 16.9 Å². The lowest BCUT2D eigenvalue weighted by Crippen LogP contribution is -2.04. The van der Waals surface area contributed by atoms with E-state index < -0.39 is 0 Å². The molecule has 0 unspecified atom stereocenters. The molecule has 2 nitrogen and oxygen atoms in total. The number of rotatable bonds is 2. The van der Waals surface area contributed by atoms with Gasteiger partial charge in [-0.05, 0) is 47.2 Å². The summed E-state index contributed by atoms with van der Waals surface area (Å²) in [5, 5.41) is 8.83. The highest BCUT2D eigenvalue weighted by atomic mass is 127. The van der Waals surface area contributed by atoms with Gasteiger partial charge in [-0.3, -0.25) is 4.79 Å². The van der Waals surface area contributed by atoms with Gasteiger partial charge in [0.1, 0.15) is 0 Å². The summed E-state index contributed by atoms with van der Waals surface area (Å²) in [5.41, 5.74) is 1.80. The summed E-state index contributed by atoms with van der Waals surface area (Å²) in [7, 11) is 0. The molecule has 0 heterocycles. The summed E-state index contributed by atoms with van der Waals surface area (Å²) < 4.78 is 0.977. The molecular weight excluding hydrogens is 312 g/mol. The van der Waals surface area contributed by atoms with Crippen LogP contribution in [0.5, 0.6) is 0 Å². The Kier molecular flexibility index (Phi) is 3.90. The number of aryl methyl sites for hydroxylation is 1. The zero-order valence-electron chi connectivity index (χ0n) is 7.47. The number of hydrogen-bond donors (Lipinski definition) is 0. The third-order valence-electron chi connectivity index (χ3n) is 1.84. The first kappa shape index (κ1) is 11.5. The number of carbonyl (C=O) groups excluding carboxylic acids is 1. The molecule has 0 aliphatic carbocycles. The summed E-state index contributed by atoms with van der Waals surface area (Å²) in [6.45, 7) is 1.90. The topological polar surface area (TPSA) is 40.9 Å². The van der Waals surface area contributed by atoms with Gasteiger partial charge in [-0.2, -0.15) is 5.26 Å². The maximum Gasteiger partial charge on any atom is 0.178 e. The van der Waals surface area contributed by atoms with Gasteiger partial charge in [-0.15, -0.1) is 11.6 Å². The standard InChI is InChI=1S/C10H7ClINO/c1-6-2-8(10(14)4-11)7(5-13)3-9(6)12/h2-3H,4H2,1H3. The van der Waals surface area contributed by atoms with Gasteiger partial charge in [0.15, 0.2) is 5.78 Å². The molecule has 0 saturated heterocycles. The minimum Gasteiger partial charge on any atom is -0.293 e. The summed E-state index contributed by atoms with van der Waals surface area (Å²) in [5.74, 6) is -0.294. The van der Waals surface area contributed by atoms with Crippen LogP contribution in [0.25, 0.3) is 0 Å². The quantitative estimate of drug-likeness (QED) is 0.478. The highest BCUT2D eigenvalue weighted by Crippen LogP contribution is 2.18. The van der Waals surface area contributed by atoms with Crippen LogP contribution < -0.4 is 0 Å². The van der Waals surface area contributed by atoms with Gasteiger partial charge in [-0.1, -0.05) is 0 Å². The first-order valence-electron chi connectivity index (χ1n) is 3.89. The first-order chi connectivity index (χ1) is 6.60. The van der Waals surface area contributed by atoms with Crippen LogP contribution in [0, 0.1) is 21.8 Å². The second-order valence-corrected chi connectivity index (χ2v) is 4.25. The normalized spacial score (nSPS) is 9.57. The lowest BCUT2D eigenvalue weighted by Gasteiger charge is -2.04. The number of hydrogen-bond acceptors (Lipinski definition) is 2. The minimum absolute atomic E-state index is 0.0886. The molecule has 72 valence electrons. The van der Waals surface area contributed by atoms with Crippen LogP contribution in [-0.4, -0.2) is 11.7 Å². The summed E-state index contributed by atoms with van der Waals surface area (Å²) in [6.07, 6.45) is 0. The first-order valence-corrected chi connectivity index (χ1v) is 5.51. The average Bonchev–Trinajstić information content (AvgIpc) is 2.20. The molecule has 0 aliphatic rings. The maximum absolute atomic E-state index is 11.4. The van der Waals surface area contributed by atoms with Gasteiger partial charge in [-0.25, -0.2) is 0 Å². The van der Waals surface area contributed by atoms with Crippen molar-refractivity contribution in [2.75, 3.05) is 5.88 Å². The predicted molar refractivity (Wildman–Crippen MR) is 63.7 cm³/mol. The highest BCUT2D eigenvalue weighted by molar-refractivity contribution is 14.1. The fourth-order valence-electron chi connectivity index (χ4n) is 1.08. The van der Waals surface area contributed by atoms with Crippen molar-refractivity contribution in [3.63, 3.8) is 0 Å². The largest absolute Gasteiger partial charge is 0.293 e. The van der Waals surface area contributed by atoms with E-state index in [0.29, 0.717) is 11.1 Å². The monoisotopic (exact) mass is 319 g/mol. The molecule has 1 aromatic rings. The molecule has 1 rings (SSSR count). The smallest absolute Gasteiger partial charge is 0.178 e. The van der Waals surface area contributed by atoms with Crippen LogP contribution in [-0.2, 0) is 0 Å². The number of nitrogens with zero attached hydrogens (tertiary/aromatic N) is 1. The lowest BCUT2D eigenvalue weighted by molar-refractivity contribution is 0.102. The Morgan fingerprint density at radius 3 is 2.79 bits per heavy atom. The van der Waals surface area contributed by atoms with E-state index >= 15 is 0 Å². The van der Waals surface area contributed by atoms with Crippen molar-refractivity contribution in [2.24, 2.45) is 0 Å². The number of benzene rings is 1. The molecule has 0 saturated carbocycles. The van der Waals surface area contributed by atoms with Crippen molar-refractivity contribution >= 4 is 40.0 Å². The number of alkyl halides is 1. The van der Waals surface area contributed by atoms with Crippen LogP contribution >= 0.6 is 34.2 Å². The van der Waals surface area contributed by atoms with E-state index in [1.54, 1.807) is 12.1 Å². The van der Waals surface area contributed by atoms with Gasteiger partial charge >= 0.3 is 0 Å². The molecule has 0 spiro atoms. The molecule has 0 fully saturated rings. The van der Waals surface area contributed by atoms with E-state index in [9.17, 15) is 4.79 Å². The Balaban J connectivity index is 3.36. The highest BCUT2D eigenvalue weighted by Gasteiger charge is 2.12. The second kappa shape index (κ2) is 4.76. The SMILES string of the molecule is Cc1cc(C(=O)CCl)c(C#N)cc1I. The van der Waals surface area contributed by atoms with Gasteiger partial charge < -0.3 is 0 Å². The third-order valence-corrected chi connectivity index (χ3v) is 3.25. The van der Waals surface area contributed by atoms with E-state index in [1.165, 1.54) is 0 Å². The molecule has 0 aliphatic heterocycles. The van der Waals surface area contributed by atoms with E-state index in [1.807, 2.05) is 13.0 Å². The molecule has 0 aromatic heterocycles. The van der Waals surface area contributed by atoms with Gasteiger partial charge in [0.25, 0.3) is 0 Å². The number of Topliss-reactive ketones (excluding diaryl/α,β-unsaturated/α-hetero) is 1. The van der Waals surface area contributed by atoms with Crippen molar-refractivity contribution in [1.82, 2.24) is 0 Å². The minimum atomic E-state index is -0.206. The summed E-state index contributed by atoms with van der Waals surface area (Å²) >= 11 is 7.58. The van der Waals surface area contributed by atoms with Crippen molar-refractivity contribution in [1.29, 1.82) is 5.26 Å². The average molecular weight is 320 g/mol. The second-order valence-electron chi connectivity index (χ2n) is 2.82. The Morgan fingerprint density at radius 2 is 2.29 bits per heavy atom. The van der Waals surface area contributed by atoms with Crippen LogP contribution in [0.1, 0.15) is 21.5 Å². The van der Waals surface area contributed by atoms with Crippen LogP contribution in [0.15, 0.2) is 12.1 Å². The van der Waals surface area contributed by atoms with Gasteiger partial charge in [0, 0.05) is 9.13 Å². The Labute approximate surface area is 101 Å². The molecular formula is C10H7ClINO. The maximum atomic E-state index is 11.4. The van der Waals surface area contributed by atoms with Crippen molar-refractivity contribution in [3.8, 4) is 6.07 Å². The fourth-order valence-corrected chi connectivity index (χ4v) is 1.69.